The lowest BCUT2D eigenvalue weighted by atomic mass is 9.66. The molecule has 9 heteroatoms. The molecule has 3 amide bonds. The van der Waals surface area contributed by atoms with Crippen LogP contribution >= 0.6 is 11.8 Å². The lowest BCUT2D eigenvalue weighted by Gasteiger charge is -2.38. The fourth-order valence-electron chi connectivity index (χ4n) is 6.51. The van der Waals surface area contributed by atoms with Gasteiger partial charge in [0.25, 0.3) is 0 Å². The van der Waals surface area contributed by atoms with Gasteiger partial charge in [0.1, 0.15) is 11.8 Å². The van der Waals surface area contributed by atoms with E-state index in [-0.39, 0.29) is 42.0 Å². The van der Waals surface area contributed by atoms with Crippen LogP contribution in [0.2, 0.25) is 0 Å². The number of nitrogens with one attached hydrogen (secondary N) is 2. The van der Waals surface area contributed by atoms with E-state index in [9.17, 15) is 19.5 Å². The number of hydrogen-bond acceptors (Lipinski definition) is 6. The Morgan fingerprint density at radius 3 is 2.55 bits per heavy atom. The highest BCUT2D eigenvalue weighted by atomic mass is 32.2. The molecule has 3 aliphatic heterocycles. The first-order chi connectivity index (χ1) is 18.4. The Labute approximate surface area is 227 Å². The maximum atomic E-state index is 14.0. The summed E-state index contributed by atoms with van der Waals surface area (Å²) in [4.78, 5) is 43.0. The third-order valence-electron chi connectivity index (χ3n) is 8.10. The summed E-state index contributed by atoms with van der Waals surface area (Å²) in [5, 5.41) is 15.5. The maximum Gasteiger partial charge on any atom is 0.244 e. The summed E-state index contributed by atoms with van der Waals surface area (Å²) < 4.78 is 4.81. The van der Waals surface area contributed by atoms with E-state index in [1.165, 1.54) is 0 Å². The summed E-state index contributed by atoms with van der Waals surface area (Å²) in [6.45, 7) is 5.14. The number of fused-ring (bicyclic) bond motifs is 1. The average molecular weight is 538 g/mol. The second kappa shape index (κ2) is 11.0. The fraction of sp³-hybridized carbons (Fsp3) is 0.483. The summed E-state index contributed by atoms with van der Waals surface area (Å²) in [5.74, 6) is -0.849. The first-order valence-electron chi connectivity index (χ1n) is 13.3. The number of carbonyl (C=O) groups excluding carboxylic acids is 3. The molecule has 202 valence electrons. The van der Waals surface area contributed by atoms with Gasteiger partial charge >= 0.3 is 0 Å². The Bertz CT molecular complexity index is 1180. The van der Waals surface area contributed by atoms with Crippen LogP contribution in [0.15, 0.2) is 54.6 Å². The van der Waals surface area contributed by atoms with Crippen molar-refractivity contribution in [2.75, 3.05) is 25.1 Å². The number of likely N-dealkylation sites (tertiary alicyclic amines) is 1. The number of amides is 3. The van der Waals surface area contributed by atoms with Crippen LogP contribution in [-0.4, -0.2) is 63.5 Å². The van der Waals surface area contributed by atoms with Crippen molar-refractivity contribution in [2.24, 2.45) is 17.8 Å². The molecule has 6 atom stereocenters. The fourth-order valence-corrected chi connectivity index (χ4v) is 8.93. The molecule has 3 heterocycles. The second-order valence-corrected chi connectivity index (χ2v) is 11.9. The minimum absolute atomic E-state index is 0.0361. The normalized spacial score (nSPS) is 29.3. The number of aliphatic hydroxyl groups is 1. The Kier molecular flexibility index (Phi) is 7.68. The zero-order valence-corrected chi connectivity index (χ0v) is 22.6. The van der Waals surface area contributed by atoms with Gasteiger partial charge in [0.2, 0.25) is 17.7 Å². The van der Waals surface area contributed by atoms with Gasteiger partial charge in [-0.25, -0.2) is 0 Å². The van der Waals surface area contributed by atoms with Gasteiger partial charge in [-0.3, -0.25) is 14.4 Å². The van der Waals surface area contributed by atoms with Crippen LogP contribution in [0.1, 0.15) is 32.3 Å². The predicted molar refractivity (Wildman–Crippen MR) is 147 cm³/mol. The molecule has 3 N–H and O–H groups in total. The van der Waals surface area contributed by atoms with Gasteiger partial charge in [-0.2, -0.15) is 0 Å². The first-order valence-corrected chi connectivity index (χ1v) is 14.2. The number of benzene rings is 2. The number of aliphatic hydroxyl groups excluding tert-OH is 1. The predicted octanol–water partition coefficient (Wildman–Crippen LogP) is 3.06. The van der Waals surface area contributed by atoms with Crippen molar-refractivity contribution in [2.45, 2.75) is 49.3 Å². The van der Waals surface area contributed by atoms with Crippen molar-refractivity contribution < 1.29 is 24.2 Å². The number of anilines is 1. The monoisotopic (exact) mass is 537 g/mol. The van der Waals surface area contributed by atoms with Gasteiger partial charge in [-0.15, -0.1) is 11.8 Å². The largest absolute Gasteiger partial charge is 0.494 e. The highest BCUT2D eigenvalue weighted by molar-refractivity contribution is 8.02. The molecule has 3 fully saturated rings. The Hall–Kier alpha value is -3.04. The highest BCUT2D eigenvalue weighted by Crippen LogP contribution is 2.68. The van der Waals surface area contributed by atoms with Crippen molar-refractivity contribution in [1.82, 2.24) is 10.2 Å². The third-order valence-corrected chi connectivity index (χ3v) is 10.2. The Morgan fingerprint density at radius 1 is 1.13 bits per heavy atom. The molecular formula is C29H35N3O5S. The molecular weight excluding hydrogens is 502 g/mol. The van der Waals surface area contributed by atoms with Crippen LogP contribution in [0.5, 0.6) is 5.75 Å². The first kappa shape index (κ1) is 26.6. The highest BCUT2D eigenvalue weighted by Gasteiger charge is 2.75. The molecule has 2 aromatic rings. The van der Waals surface area contributed by atoms with Crippen LogP contribution < -0.4 is 15.4 Å². The van der Waals surface area contributed by atoms with E-state index in [1.807, 2.05) is 49.4 Å². The molecule has 3 unspecified atom stereocenters. The number of carbonyl (C=O) groups is 3. The molecule has 0 aliphatic carbocycles. The summed E-state index contributed by atoms with van der Waals surface area (Å²) >= 11 is 1.65. The van der Waals surface area contributed by atoms with Gasteiger partial charge in [0.05, 0.1) is 23.2 Å². The van der Waals surface area contributed by atoms with Crippen LogP contribution in [0.3, 0.4) is 0 Å². The van der Waals surface area contributed by atoms with Crippen molar-refractivity contribution in [3.63, 3.8) is 0 Å². The second-order valence-electron chi connectivity index (χ2n) is 10.3. The van der Waals surface area contributed by atoms with Gasteiger partial charge in [-0.05, 0) is 55.5 Å². The summed E-state index contributed by atoms with van der Waals surface area (Å²) in [6.07, 6.45) is 1.15. The SMILES string of the molecule is CCOc1ccc(NC(=O)[C@@H]2[C@H]3C(=O)N(CCCO)C(C(=O)NCc4ccccc4)C34S[C@@H]2CC4C)cc1. The van der Waals surface area contributed by atoms with E-state index < -0.39 is 22.6 Å². The van der Waals surface area contributed by atoms with Gasteiger partial charge < -0.3 is 25.4 Å². The topological polar surface area (TPSA) is 108 Å². The van der Waals surface area contributed by atoms with Crippen molar-refractivity contribution in [3.8, 4) is 5.75 Å². The number of rotatable bonds is 10. The van der Waals surface area contributed by atoms with E-state index in [1.54, 1.807) is 28.8 Å². The number of hydrogen-bond donors (Lipinski definition) is 3. The minimum atomic E-state index is -0.691. The summed E-state index contributed by atoms with van der Waals surface area (Å²) in [7, 11) is 0. The lowest BCUT2D eigenvalue weighted by Crippen LogP contribution is -2.56. The molecule has 0 aromatic heterocycles. The van der Waals surface area contributed by atoms with Crippen LogP contribution in [-0.2, 0) is 20.9 Å². The summed E-state index contributed by atoms with van der Waals surface area (Å²) in [6, 6.07) is 16.2. The van der Waals surface area contributed by atoms with E-state index in [4.69, 9.17) is 4.74 Å². The molecule has 3 aliphatic rings. The molecule has 5 rings (SSSR count). The lowest BCUT2D eigenvalue weighted by molar-refractivity contribution is -0.139. The quantitative estimate of drug-likeness (QED) is 0.430. The van der Waals surface area contributed by atoms with Crippen molar-refractivity contribution in [3.05, 3.63) is 60.2 Å². The number of ether oxygens (including phenoxy) is 1. The molecule has 2 aromatic carbocycles. The van der Waals surface area contributed by atoms with E-state index in [2.05, 4.69) is 17.6 Å². The zero-order chi connectivity index (χ0) is 26.9. The maximum absolute atomic E-state index is 14.0. The van der Waals surface area contributed by atoms with Crippen LogP contribution in [0.4, 0.5) is 5.69 Å². The van der Waals surface area contributed by atoms with Crippen molar-refractivity contribution in [1.29, 1.82) is 0 Å². The Morgan fingerprint density at radius 2 is 1.87 bits per heavy atom. The minimum Gasteiger partial charge on any atom is -0.494 e. The molecule has 0 radical (unpaired) electrons. The summed E-state index contributed by atoms with van der Waals surface area (Å²) in [5.41, 5.74) is 1.62. The van der Waals surface area contributed by atoms with Crippen molar-refractivity contribution >= 4 is 35.2 Å². The smallest absolute Gasteiger partial charge is 0.244 e. The number of nitrogens with zero attached hydrogens (tertiary/aromatic N) is 1. The molecule has 38 heavy (non-hydrogen) atoms. The molecule has 2 bridgehead atoms. The molecule has 1 spiro atoms. The molecule has 0 saturated carbocycles. The number of thioether (sulfide) groups is 1. The average Bonchev–Trinajstić information content (AvgIpc) is 3.51. The van der Waals surface area contributed by atoms with Crippen LogP contribution in [0, 0.1) is 17.8 Å². The standard InChI is InChI=1S/C29H35N3O5S/c1-3-37-21-12-10-20(11-13-21)31-26(34)23-22-16-18(2)29(38-22)24(23)28(36)32(14-7-15-33)25(29)27(35)30-17-19-8-5-4-6-9-19/h4-6,8-13,18,22-25,33H,3,7,14-17H2,1-2H3,(H,30,35)(H,31,34)/t18?,22-,23+,24+,25?,29?/m1/s1. The van der Waals surface area contributed by atoms with E-state index in [0.29, 0.717) is 25.3 Å². The van der Waals surface area contributed by atoms with E-state index >= 15 is 0 Å². The molecule has 3 saturated heterocycles. The third kappa shape index (κ3) is 4.56. The van der Waals surface area contributed by atoms with Gasteiger partial charge in [0.15, 0.2) is 0 Å². The van der Waals surface area contributed by atoms with Crippen LogP contribution in [0.25, 0.3) is 0 Å². The van der Waals surface area contributed by atoms with Gasteiger partial charge in [0, 0.05) is 30.6 Å². The van der Waals surface area contributed by atoms with Gasteiger partial charge in [-0.1, -0.05) is 37.3 Å². The Balaban J connectivity index is 1.41. The zero-order valence-electron chi connectivity index (χ0n) is 21.8. The van der Waals surface area contributed by atoms with E-state index in [0.717, 1.165) is 17.7 Å². The molecule has 8 nitrogen and oxygen atoms in total.